The maximum atomic E-state index is 11.6. The van der Waals surface area contributed by atoms with Gasteiger partial charge >= 0.3 is 5.97 Å². The van der Waals surface area contributed by atoms with Gasteiger partial charge in [0.1, 0.15) is 6.04 Å². The minimum absolute atomic E-state index is 0.0308. The first-order chi connectivity index (χ1) is 7.04. The van der Waals surface area contributed by atoms with Crippen LogP contribution < -0.4 is 5.32 Å². The summed E-state index contributed by atoms with van der Waals surface area (Å²) < 4.78 is 4.50. The third-order valence-corrected chi connectivity index (χ3v) is 2.29. The average Bonchev–Trinajstić information content (AvgIpc) is 2.64. The van der Waals surface area contributed by atoms with Gasteiger partial charge in [0.15, 0.2) is 0 Å². The van der Waals surface area contributed by atoms with Crippen molar-refractivity contribution < 1.29 is 14.3 Å². The molecule has 1 atom stereocenters. The van der Waals surface area contributed by atoms with Crippen molar-refractivity contribution in [1.82, 2.24) is 10.2 Å². The van der Waals surface area contributed by atoms with Gasteiger partial charge in [0.2, 0.25) is 5.91 Å². The predicted octanol–water partition coefficient (Wildman–Crippen LogP) is -0.116. The van der Waals surface area contributed by atoms with E-state index in [-0.39, 0.29) is 11.9 Å². The van der Waals surface area contributed by atoms with Crippen LogP contribution in [0, 0.1) is 0 Å². The van der Waals surface area contributed by atoms with Crippen LogP contribution >= 0.6 is 0 Å². The van der Waals surface area contributed by atoms with Gasteiger partial charge in [-0.05, 0) is 12.8 Å². The van der Waals surface area contributed by atoms with Crippen molar-refractivity contribution >= 4 is 11.9 Å². The zero-order valence-electron chi connectivity index (χ0n) is 9.24. The Balaban J connectivity index is 2.56. The molecule has 0 spiro atoms. The van der Waals surface area contributed by atoms with Crippen LogP contribution in [0.25, 0.3) is 0 Å². The molecule has 0 radical (unpaired) electrons. The molecular weight excluding hydrogens is 196 g/mol. The van der Waals surface area contributed by atoms with Gasteiger partial charge in [-0.25, -0.2) is 4.79 Å². The molecule has 1 rings (SSSR count). The highest BCUT2D eigenvalue weighted by atomic mass is 16.5. The fourth-order valence-electron chi connectivity index (χ4n) is 1.48. The van der Waals surface area contributed by atoms with Crippen molar-refractivity contribution in [1.29, 1.82) is 0 Å². The molecule has 1 aliphatic heterocycles. The van der Waals surface area contributed by atoms with E-state index in [4.69, 9.17) is 0 Å². The molecule has 1 N–H and O–H groups in total. The van der Waals surface area contributed by atoms with E-state index in [1.807, 2.05) is 0 Å². The van der Waals surface area contributed by atoms with Crippen molar-refractivity contribution in [3.8, 4) is 0 Å². The smallest absolute Gasteiger partial charge is 0.332 e. The second-order valence-electron chi connectivity index (χ2n) is 3.66. The number of likely N-dealkylation sites (N-methyl/N-ethyl adjacent to an activating group) is 1. The molecule has 1 aliphatic rings. The number of allylic oxidation sites excluding steroid dienone is 1. The van der Waals surface area contributed by atoms with Crippen molar-refractivity contribution in [2.45, 2.75) is 18.9 Å². The monoisotopic (exact) mass is 212 g/mol. The lowest BCUT2D eigenvalue weighted by Crippen LogP contribution is -2.39. The fraction of sp³-hybridized carbons (Fsp3) is 0.600. The number of methoxy groups -OCH3 is 1. The van der Waals surface area contributed by atoms with Crippen LogP contribution in [-0.4, -0.2) is 44.0 Å². The van der Waals surface area contributed by atoms with E-state index < -0.39 is 5.97 Å². The largest absolute Gasteiger partial charge is 0.466 e. The molecule has 0 aromatic heterocycles. The van der Waals surface area contributed by atoms with Crippen LogP contribution in [-0.2, 0) is 14.3 Å². The SMILES string of the molecule is COC(=O)/C=C1/CCC(C(=O)N(C)C)N1. The Hall–Kier alpha value is -1.52. The number of carbonyl (C=O) groups is 2. The Morgan fingerprint density at radius 1 is 1.53 bits per heavy atom. The summed E-state index contributed by atoms with van der Waals surface area (Å²) in [7, 11) is 4.76. The van der Waals surface area contributed by atoms with E-state index in [1.54, 1.807) is 19.0 Å². The maximum Gasteiger partial charge on any atom is 0.332 e. The Morgan fingerprint density at radius 2 is 2.20 bits per heavy atom. The van der Waals surface area contributed by atoms with Crippen molar-refractivity contribution in [3.63, 3.8) is 0 Å². The molecule has 0 saturated carbocycles. The standard InChI is InChI=1S/C10H16N2O3/c1-12(2)10(14)8-5-4-7(11-8)6-9(13)15-3/h6,8,11H,4-5H2,1-3H3/b7-6-. The minimum Gasteiger partial charge on any atom is -0.466 e. The Labute approximate surface area is 89.1 Å². The van der Waals surface area contributed by atoms with Gasteiger partial charge < -0.3 is 15.0 Å². The average molecular weight is 212 g/mol. The zero-order chi connectivity index (χ0) is 11.4. The number of hydrogen-bond donors (Lipinski definition) is 1. The summed E-state index contributed by atoms with van der Waals surface area (Å²) in [5, 5.41) is 3.01. The van der Waals surface area contributed by atoms with Gasteiger partial charge in [-0.1, -0.05) is 0 Å². The Kier molecular flexibility index (Phi) is 3.71. The maximum absolute atomic E-state index is 11.6. The molecule has 15 heavy (non-hydrogen) atoms. The molecule has 0 aromatic rings. The molecule has 1 amide bonds. The number of carbonyl (C=O) groups excluding carboxylic acids is 2. The second kappa shape index (κ2) is 4.82. The first-order valence-corrected chi connectivity index (χ1v) is 4.81. The molecule has 5 nitrogen and oxygen atoms in total. The third kappa shape index (κ3) is 2.97. The molecule has 1 heterocycles. The lowest BCUT2D eigenvalue weighted by molar-refractivity contribution is -0.135. The highest BCUT2D eigenvalue weighted by molar-refractivity contribution is 5.85. The number of hydrogen-bond acceptors (Lipinski definition) is 4. The molecule has 84 valence electrons. The summed E-state index contributed by atoms with van der Waals surface area (Å²) in [6, 6.07) is -0.212. The van der Waals surface area contributed by atoms with Crippen LogP contribution in [0.3, 0.4) is 0 Å². The Bertz CT molecular complexity index is 297. The second-order valence-corrected chi connectivity index (χ2v) is 3.66. The summed E-state index contributed by atoms with van der Waals surface area (Å²) in [5.74, 6) is -0.362. The van der Waals surface area contributed by atoms with Gasteiger partial charge in [0.25, 0.3) is 0 Å². The number of esters is 1. The van der Waals surface area contributed by atoms with E-state index in [0.29, 0.717) is 6.42 Å². The first kappa shape index (κ1) is 11.6. The van der Waals surface area contributed by atoms with Crippen molar-refractivity contribution in [2.75, 3.05) is 21.2 Å². The van der Waals surface area contributed by atoms with Crippen LogP contribution in [0.5, 0.6) is 0 Å². The Morgan fingerprint density at radius 3 is 2.73 bits per heavy atom. The van der Waals surface area contributed by atoms with E-state index >= 15 is 0 Å². The van der Waals surface area contributed by atoms with Crippen LogP contribution in [0.4, 0.5) is 0 Å². The third-order valence-electron chi connectivity index (χ3n) is 2.29. The lowest BCUT2D eigenvalue weighted by atomic mass is 10.2. The van der Waals surface area contributed by atoms with Crippen LogP contribution in [0.2, 0.25) is 0 Å². The molecule has 5 heteroatoms. The molecule has 0 bridgehead atoms. The quantitative estimate of drug-likeness (QED) is 0.512. The number of amides is 1. The zero-order valence-corrected chi connectivity index (χ0v) is 9.24. The van der Waals surface area contributed by atoms with Gasteiger partial charge in [-0.2, -0.15) is 0 Å². The summed E-state index contributed by atoms with van der Waals surface area (Å²) >= 11 is 0. The number of nitrogens with one attached hydrogen (secondary N) is 1. The van der Waals surface area contributed by atoms with Crippen molar-refractivity contribution in [2.24, 2.45) is 0 Å². The van der Waals surface area contributed by atoms with Crippen LogP contribution in [0.1, 0.15) is 12.8 Å². The number of rotatable bonds is 2. The molecule has 1 saturated heterocycles. The fourth-order valence-corrected chi connectivity index (χ4v) is 1.48. The van der Waals surface area contributed by atoms with Gasteiger partial charge in [0.05, 0.1) is 7.11 Å². The molecule has 1 fully saturated rings. The number of nitrogens with zero attached hydrogens (tertiary/aromatic N) is 1. The lowest BCUT2D eigenvalue weighted by Gasteiger charge is -2.16. The molecule has 0 aliphatic carbocycles. The van der Waals surface area contributed by atoms with E-state index in [9.17, 15) is 9.59 Å². The predicted molar refractivity (Wildman–Crippen MR) is 55.0 cm³/mol. The normalized spacial score (nSPS) is 22.3. The van der Waals surface area contributed by atoms with E-state index in [0.717, 1.165) is 12.1 Å². The summed E-state index contributed by atoms with van der Waals surface area (Å²) in [5.41, 5.74) is 0.766. The molecular formula is C10H16N2O3. The highest BCUT2D eigenvalue weighted by Gasteiger charge is 2.26. The van der Waals surface area contributed by atoms with Gasteiger partial charge in [-0.3, -0.25) is 4.79 Å². The topological polar surface area (TPSA) is 58.6 Å². The van der Waals surface area contributed by atoms with Crippen LogP contribution in [0.15, 0.2) is 11.8 Å². The van der Waals surface area contributed by atoms with E-state index in [1.165, 1.54) is 13.2 Å². The van der Waals surface area contributed by atoms with Gasteiger partial charge in [0, 0.05) is 25.9 Å². The first-order valence-electron chi connectivity index (χ1n) is 4.81. The summed E-state index contributed by atoms with van der Waals surface area (Å²) in [6.45, 7) is 0. The minimum atomic E-state index is -0.393. The summed E-state index contributed by atoms with van der Waals surface area (Å²) in [4.78, 5) is 24.1. The van der Waals surface area contributed by atoms with E-state index in [2.05, 4.69) is 10.1 Å². The summed E-state index contributed by atoms with van der Waals surface area (Å²) in [6.07, 6.45) is 2.82. The van der Waals surface area contributed by atoms with Gasteiger partial charge in [-0.15, -0.1) is 0 Å². The molecule has 0 aromatic carbocycles. The molecule has 1 unspecified atom stereocenters. The van der Waals surface area contributed by atoms with Crippen molar-refractivity contribution in [3.05, 3.63) is 11.8 Å². The highest BCUT2D eigenvalue weighted by Crippen LogP contribution is 2.16. The number of ether oxygens (including phenoxy) is 1.